The average Bonchev–Trinajstić information content (AvgIpc) is 2.32. The van der Waals surface area contributed by atoms with Gasteiger partial charge in [-0.1, -0.05) is 38.5 Å². The number of hydrogen-bond donors (Lipinski definition) is 1. The van der Waals surface area contributed by atoms with E-state index in [1.54, 1.807) is 6.07 Å². The summed E-state index contributed by atoms with van der Waals surface area (Å²) in [6.07, 6.45) is 3.42. The minimum absolute atomic E-state index is 0.265. The van der Waals surface area contributed by atoms with Crippen molar-refractivity contribution in [1.29, 1.82) is 0 Å². The Labute approximate surface area is 115 Å². The zero-order valence-corrected chi connectivity index (χ0v) is 12.0. The third-order valence-corrected chi connectivity index (χ3v) is 3.76. The lowest BCUT2D eigenvalue weighted by Gasteiger charge is -2.32. The number of hydrogen-bond acceptors (Lipinski definition) is 2. The van der Waals surface area contributed by atoms with Gasteiger partial charge in [-0.25, -0.2) is 4.39 Å². The third kappa shape index (κ3) is 3.57. The second-order valence-corrected chi connectivity index (χ2v) is 6.31. The molecule has 1 aliphatic rings. The van der Waals surface area contributed by atoms with Crippen molar-refractivity contribution in [3.05, 3.63) is 41.2 Å². The molecule has 1 aromatic carbocycles. The van der Waals surface area contributed by atoms with Crippen molar-refractivity contribution < 1.29 is 4.39 Å². The van der Waals surface area contributed by atoms with Gasteiger partial charge in [-0.05, 0) is 29.5 Å². The first-order valence-electron chi connectivity index (χ1n) is 6.82. The molecule has 0 aromatic heterocycles. The van der Waals surface area contributed by atoms with E-state index < -0.39 is 0 Å². The van der Waals surface area contributed by atoms with E-state index in [4.69, 9.17) is 5.73 Å². The van der Waals surface area contributed by atoms with Crippen LogP contribution >= 0.6 is 0 Å². The number of benzene rings is 1. The molecule has 1 aliphatic heterocycles. The molecule has 2 nitrogen and oxygen atoms in total. The zero-order valence-electron chi connectivity index (χ0n) is 12.0. The smallest absolute Gasteiger partial charge is 0.125 e. The Kier molecular flexibility index (Phi) is 3.95. The Morgan fingerprint density at radius 1 is 1.32 bits per heavy atom. The van der Waals surface area contributed by atoms with Crippen molar-refractivity contribution in [2.75, 3.05) is 18.8 Å². The normalized spacial score (nSPS) is 17.4. The van der Waals surface area contributed by atoms with Crippen molar-refractivity contribution in [1.82, 2.24) is 4.90 Å². The van der Waals surface area contributed by atoms with Gasteiger partial charge in [0.15, 0.2) is 0 Å². The molecule has 3 heteroatoms. The predicted molar refractivity (Wildman–Crippen MR) is 78.2 cm³/mol. The number of rotatable bonds is 2. The highest BCUT2D eigenvalue weighted by atomic mass is 19.1. The summed E-state index contributed by atoms with van der Waals surface area (Å²) in [5, 5.41) is 0. The van der Waals surface area contributed by atoms with Crippen molar-refractivity contribution in [3.8, 4) is 0 Å². The van der Waals surface area contributed by atoms with Crippen LogP contribution in [-0.2, 0) is 6.54 Å². The largest absolute Gasteiger partial charge is 0.398 e. The summed E-state index contributed by atoms with van der Waals surface area (Å²) in [5.74, 6) is -0.269. The van der Waals surface area contributed by atoms with E-state index >= 15 is 0 Å². The summed E-state index contributed by atoms with van der Waals surface area (Å²) >= 11 is 0. The SMILES string of the molecule is CC(C)(C)C1=CCN(Cc2ccc(F)cc2N)CC1. The zero-order chi connectivity index (χ0) is 14.0. The van der Waals surface area contributed by atoms with Crippen LogP contribution in [-0.4, -0.2) is 18.0 Å². The Hall–Kier alpha value is -1.35. The number of nitrogen functional groups attached to an aromatic ring is 1. The molecule has 1 heterocycles. The van der Waals surface area contributed by atoms with Crippen LogP contribution in [0.2, 0.25) is 0 Å². The minimum atomic E-state index is -0.269. The number of nitrogens with two attached hydrogens (primary N) is 1. The highest BCUT2D eigenvalue weighted by molar-refractivity contribution is 5.46. The van der Waals surface area contributed by atoms with Crippen LogP contribution in [0.15, 0.2) is 29.8 Å². The van der Waals surface area contributed by atoms with Crippen LogP contribution < -0.4 is 5.73 Å². The second-order valence-electron chi connectivity index (χ2n) is 6.31. The monoisotopic (exact) mass is 262 g/mol. The lowest BCUT2D eigenvalue weighted by Crippen LogP contribution is -2.31. The molecule has 0 bridgehead atoms. The third-order valence-electron chi connectivity index (χ3n) is 3.76. The van der Waals surface area contributed by atoms with Gasteiger partial charge in [0.05, 0.1) is 0 Å². The summed E-state index contributed by atoms with van der Waals surface area (Å²) in [5.41, 5.74) is 9.20. The van der Waals surface area contributed by atoms with Crippen LogP contribution in [0.3, 0.4) is 0 Å². The van der Waals surface area contributed by atoms with E-state index in [0.717, 1.165) is 31.6 Å². The molecule has 0 radical (unpaired) electrons. The molecule has 0 saturated carbocycles. The van der Waals surface area contributed by atoms with Crippen molar-refractivity contribution in [3.63, 3.8) is 0 Å². The topological polar surface area (TPSA) is 29.3 Å². The summed E-state index contributed by atoms with van der Waals surface area (Å²) in [6.45, 7) is 9.55. The Bertz CT molecular complexity index is 486. The second kappa shape index (κ2) is 5.33. The molecule has 2 N–H and O–H groups in total. The van der Waals surface area contributed by atoms with E-state index in [9.17, 15) is 4.39 Å². The van der Waals surface area contributed by atoms with Gasteiger partial charge < -0.3 is 5.73 Å². The number of halogens is 1. The van der Waals surface area contributed by atoms with Gasteiger partial charge in [0.2, 0.25) is 0 Å². The molecular formula is C16H23FN2. The van der Waals surface area contributed by atoms with Crippen LogP contribution in [0.5, 0.6) is 0 Å². The fourth-order valence-corrected chi connectivity index (χ4v) is 2.49. The summed E-state index contributed by atoms with van der Waals surface area (Å²) in [4.78, 5) is 2.35. The first kappa shape index (κ1) is 14.1. The quantitative estimate of drug-likeness (QED) is 0.652. The van der Waals surface area contributed by atoms with E-state index in [-0.39, 0.29) is 11.2 Å². The maximum absolute atomic E-state index is 13.0. The van der Waals surface area contributed by atoms with Gasteiger partial charge in [0.1, 0.15) is 5.82 Å². The molecule has 0 spiro atoms. The van der Waals surface area contributed by atoms with Crippen LogP contribution in [0, 0.1) is 11.2 Å². The van der Waals surface area contributed by atoms with E-state index in [1.165, 1.54) is 17.7 Å². The summed E-state index contributed by atoms with van der Waals surface area (Å²) < 4.78 is 13.0. The van der Waals surface area contributed by atoms with Gasteiger partial charge in [-0.15, -0.1) is 0 Å². The molecule has 2 rings (SSSR count). The fourth-order valence-electron chi connectivity index (χ4n) is 2.49. The van der Waals surface area contributed by atoms with Crippen LogP contribution in [0.25, 0.3) is 0 Å². The van der Waals surface area contributed by atoms with Crippen molar-refractivity contribution in [2.24, 2.45) is 5.41 Å². The highest BCUT2D eigenvalue weighted by Crippen LogP contribution is 2.30. The predicted octanol–water partition coefficient (Wildman–Crippen LogP) is 3.59. The Morgan fingerprint density at radius 2 is 2.05 bits per heavy atom. The lowest BCUT2D eigenvalue weighted by atomic mass is 9.83. The maximum atomic E-state index is 13.0. The molecular weight excluding hydrogens is 239 g/mol. The van der Waals surface area contributed by atoms with Crippen LogP contribution in [0.1, 0.15) is 32.8 Å². The molecule has 1 aromatic rings. The van der Waals surface area contributed by atoms with Crippen molar-refractivity contribution in [2.45, 2.75) is 33.7 Å². The van der Waals surface area contributed by atoms with Gasteiger partial charge in [-0.3, -0.25) is 4.90 Å². The number of anilines is 1. The Balaban J connectivity index is 2.01. The molecule has 0 unspecified atom stereocenters. The molecule has 0 saturated heterocycles. The fraction of sp³-hybridized carbons (Fsp3) is 0.500. The van der Waals surface area contributed by atoms with Gasteiger partial charge in [0.25, 0.3) is 0 Å². The minimum Gasteiger partial charge on any atom is -0.398 e. The lowest BCUT2D eigenvalue weighted by molar-refractivity contribution is 0.272. The molecule has 0 aliphatic carbocycles. The average molecular weight is 262 g/mol. The van der Waals surface area contributed by atoms with Gasteiger partial charge in [0, 0.05) is 25.3 Å². The van der Waals surface area contributed by atoms with Crippen molar-refractivity contribution >= 4 is 5.69 Å². The summed E-state index contributed by atoms with van der Waals surface area (Å²) in [7, 11) is 0. The molecule has 19 heavy (non-hydrogen) atoms. The summed E-state index contributed by atoms with van der Waals surface area (Å²) in [6, 6.07) is 4.66. The van der Waals surface area contributed by atoms with E-state index in [2.05, 4.69) is 31.7 Å². The van der Waals surface area contributed by atoms with Gasteiger partial charge >= 0.3 is 0 Å². The Morgan fingerprint density at radius 3 is 2.58 bits per heavy atom. The van der Waals surface area contributed by atoms with E-state index in [1.807, 2.05) is 0 Å². The number of nitrogens with zero attached hydrogens (tertiary/aromatic N) is 1. The standard InChI is InChI=1S/C16H23FN2/c1-16(2,3)13-6-8-19(9-7-13)11-12-4-5-14(17)10-15(12)18/h4-6,10H,7-9,11,18H2,1-3H3. The highest BCUT2D eigenvalue weighted by Gasteiger charge is 2.21. The first-order chi connectivity index (χ1) is 8.86. The molecule has 104 valence electrons. The van der Waals surface area contributed by atoms with Crippen LogP contribution in [0.4, 0.5) is 10.1 Å². The molecule has 0 fully saturated rings. The van der Waals surface area contributed by atoms with Gasteiger partial charge in [-0.2, -0.15) is 0 Å². The first-order valence-corrected chi connectivity index (χ1v) is 6.82. The van der Waals surface area contributed by atoms with E-state index in [0.29, 0.717) is 5.69 Å². The molecule has 0 atom stereocenters. The maximum Gasteiger partial charge on any atom is 0.125 e. The molecule has 0 amide bonds.